The van der Waals surface area contributed by atoms with E-state index >= 15 is 0 Å². The molecule has 13 heavy (non-hydrogen) atoms. The second kappa shape index (κ2) is 2.97. The highest BCUT2D eigenvalue weighted by atomic mass is 15.1. The predicted molar refractivity (Wildman–Crippen MR) is 48.6 cm³/mol. The summed E-state index contributed by atoms with van der Waals surface area (Å²) in [5.41, 5.74) is 0.996. The van der Waals surface area contributed by atoms with Crippen LogP contribution in [-0.2, 0) is 0 Å². The Balaban J connectivity index is 2.53. The van der Waals surface area contributed by atoms with Gasteiger partial charge >= 0.3 is 0 Å². The highest BCUT2D eigenvalue weighted by molar-refractivity contribution is 5.23. The highest BCUT2D eigenvalue weighted by Gasteiger charge is 2.02. The molecule has 0 N–H and O–H groups in total. The molecule has 66 valence electrons. The Labute approximate surface area is 76.3 Å². The van der Waals surface area contributed by atoms with Gasteiger partial charge in [0.1, 0.15) is 18.0 Å². The van der Waals surface area contributed by atoms with Crippen LogP contribution in [-0.4, -0.2) is 19.5 Å². The van der Waals surface area contributed by atoms with Crippen molar-refractivity contribution in [3.63, 3.8) is 0 Å². The van der Waals surface area contributed by atoms with E-state index in [9.17, 15) is 0 Å². The van der Waals surface area contributed by atoms with Crippen molar-refractivity contribution in [3.05, 3.63) is 36.3 Å². The number of hydrogen-bond acceptors (Lipinski definition) is 3. The molecule has 0 saturated heterocycles. The maximum atomic E-state index is 4.29. The van der Waals surface area contributed by atoms with E-state index in [4.69, 9.17) is 0 Å². The molecule has 2 aromatic heterocycles. The first kappa shape index (κ1) is 7.91. The zero-order valence-corrected chi connectivity index (χ0v) is 7.60. The van der Waals surface area contributed by atoms with Gasteiger partial charge in [-0.25, -0.2) is 15.0 Å². The van der Waals surface area contributed by atoms with Crippen molar-refractivity contribution < 1.29 is 0 Å². The number of aryl methyl sites for hydroxylation is 2. The molecule has 0 bridgehead atoms. The lowest BCUT2D eigenvalue weighted by Gasteiger charge is -2.00. The molecule has 0 amide bonds. The van der Waals surface area contributed by atoms with Gasteiger partial charge in [0.05, 0.1) is 5.69 Å². The molecule has 0 spiro atoms. The fourth-order valence-corrected chi connectivity index (χ4v) is 1.28. The normalized spacial score (nSPS) is 10.3. The molecule has 0 saturated carbocycles. The molecule has 0 fully saturated rings. The lowest BCUT2D eigenvalue weighted by Crippen LogP contribution is -1.97. The third-order valence-corrected chi connectivity index (χ3v) is 1.82. The molecule has 0 aliphatic rings. The fourth-order valence-electron chi connectivity index (χ4n) is 1.28. The van der Waals surface area contributed by atoms with Gasteiger partial charge in [-0.2, -0.15) is 0 Å². The summed E-state index contributed by atoms with van der Waals surface area (Å²) in [5, 5.41) is 0. The van der Waals surface area contributed by atoms with Crippen molar-refractivity contribution in [2.75, 3.05) is 0 Å². The summed E-state index contributed by atoms with van der Waals surface area (Å²) in [5.74, 6) is 1.80. The van der Waals surface area contributed by atoms with Crippen LogP contribution in [0, 0.1) is 13.8 Å². The van der Waals surface area contributed by atoms with Crippen molar-refractivity contribution in [3.8, 4) is 5.82 Å². The number of aromatic nitrogens is 4. The van der Waals surface area contributed by atoms with E-state index in [2.05, 4.69) is 15.0 Å². The average molecular weight is 174 g/mol. The minimum absolute atomic E-state index is 0.855. The van der Waals surface area contributed by atoms with E-state index < -0.39 is 0 Å². The number of rotatable bonds is 1. The maximum absolute atomic E-state index is 4.29. The second-order valence-corrected chi connectivity index (χ2v) is 2.87. The Morgan fingerprint density at radius 1 is 1.31 bits per heavy atom. The summed E-state index contributed by atoms with van der Waals surface area (Å²) in [4.78, 5) is 12.3. The van der Waals surface area contributed by atoms with Crippen LogP contribution in [0.25, 0.3) is 5.82 Å². The lowest BCUT2D eigenvalue weighted by atomic mass is 10.5. The molecular formula is C9H10N4. The van der Waals surface area contributed by atoms with Gasteiger partial charge in [0.15, 0.2) is 0 Å². The van der Waals surface area contributed by atoms with E-state index in [1.807, 2.05) is 30.7 Å². The van der Waals surface area contributed by atoms with Gasteiger partial charge < -0.3 is 0 Å². The van der Waals surface area contributed by atoms with E-state index in [0.29, 0.717) is 0 Å². The third kappa shape index (κ3) is 1.42. The largest absolute Gasteiger partial charge is 0.288 e. The first-order valence-corrected chi connectivity index (χ1v) is 4.06. The zero-order valence-electron chi connectivity index (χ0n) is 7.60. The second-order valence-electron chi connectivity index (χ2n) is 2.87. The van der Waals surface area contributed by atoms with Crippen LogP contribution in [0.15, 0.2) is 24.8 Å². The predicted octanol–water partition coefficient (Wildman–Crippen LogP) is 1.28. The molecule has 0 radical (unpaired) electrons. The molecule has 2 aromatic rings. The molecule has 0 unspecified atom stereocenters. The van der Waals surface area contributed by atoms with Gasteiger partial charge in [-0.3, -0.25) is 4.57 Å². The van der Waals surface area contributed by atoms with Gasteiger partial charge in [-0.15, -0.1) is 0 Å². The molecule has 0 aliphatic heterocycles. The Hall–Kier alpha value is -1.71. The first-order valence-electron chi connectivity index (χ1n) is 4.06. The maximum Gasteiger partial charge on any atom is 0.141 e. The number of hydrogen-bond donors (Lipinski definition) is 0. The van der Waals surface area contributed by atoms with Gasteiger partial charge in [-0.1, -0.05) is 0 Å². The van der Waals surface area contributed by atoms with Crippen molar-refractivity contribution in [2.24, 2.45) is 0 Å². The minimum atomic E-state index is 0.855. The Kier molecular flexibility index (Phi) is 1.81. The van der Waals surface area contributed by atoms with E-state index in [-0.39, 0.29) is 0 Å². The Bertz CT molecular complexity index is 405. The SMILES string of the molecule is Cc1cn(-c2ccncn2)c(C)n1. The van der Waals surface area contributed by atoms with Gasteiger partial charge in [0.25, 0.3) is 0 Å². The molecule has 2 rings (SSSR count). The van der Waals surface area contributed by atoms with Crippen LogP contribution in [0.5, 0.6) is 0 Å². The van der Waals surface area contributed by atoms with Crippen LogP contribution in [0.4, 0.5) is 0 Å². The van der Waals surface area contributed by atoms with E-state index in [0.717, 1.165) is 17.3 Å². The van der Waals surface area contributed by atoms with E-state index in [1.54, 1.807) is 6.20 Å². The fraction of sp³-hybridized carbons (Fsp3) is 0.222. The van der Waals surface area contributed by atoms with Crippen LogP contribution in [0.1, 0.15) is 11.5 Å². The smallest absolute Gasteiger partial charge is 0.141 e. The molecule has 4 heteroatoms. The quantitative estimate of drug-likeness (QED) is 0.654. The number of imidazole rings is 1. The van der Waals surface area contributed by atoms with E-state index in [1.165, 1.54) is 6.33 Å². The Morgan fingerprint density at radius 3 is 2.69 bits per heavy atom. The van der Waals surface area contributed by atoms with Crippen LogP contribution < -0.4 is 0 Å². The highest BCUT2D eigenvalue weighted by Crippen LogP contribution is 2.07. The van der Waals surface area contributed by atoms with Gasteiger partial charge in [0.2, 0.25) is 0 Å². The van der Waals surface area contributed by atoms with Crippen molar-refractivity contribution in [2.45, 2.75) is 13.8 Å². The molecule has 0 aliphatic carbocycles. The van der Waals surface area contributed by atoms with Crippen LogP contribution in [0.3, 0.4) is 0 Å². The monoisotopic (exact) mass is 174 g/mol. The third-order valence-electron chi connectivity index (χ3n) is 1.82. The van der Waals surface area contributed by atoms with Crippen LogP contribution >= 0.6 is 0 Å². The first-order chi connectivity index (χ1) is 6.27. The molecule has 0 atom stereocenters. The summed E-state index contributed by atoms with van der Waals surface area (Å²) in [6.45, 7) is 3.92. The topological polar surface area (TPSA) is 43.6 Å². The summed E-state index contributed by atoms with van der Waals surface area (Å²) in [7, 11) is 0. The molecule has 0 aromatic carbocycles. The van der Waals surface area contributed by atoms with Crippen molar-refractivity contribution in [1.29, 1.82) is 0 Å². The zero-order chi connectivity index (χ0) is 9.26. The summed E-state index contributed by atoms with van der Waals surface area (Å²) in [6, 6.07) is 1.86. The molecule has 2 heterocycles. The summed E-state index contributed by atoms with van der Waals surface area (Å²) in [6.07, 6.45) is 5.21. The molecule has 4 nitrogen and oxygen atoms in total. The standard InChI is InChI=1S/C9H10N4/c1-7-5-13(8(2)12-7)9-3-4-10-6-11-9/h3-6H,1-2H3. The summed E-state index contributed by atoms with van der Waals surface area (Å²) >= 11 is 0. The van der Waals surface area contributed by atoms with Crippen molar-refractivity contribution in [1.82, 2.24) is 19.5 Å². The summed E-state index contributed by atoms with van der Waals surface area (Å²) < 4.78 is 1.94. The lowest BCUT2D eigenvalue weighted by molar-refractivity contribution is 0.920. The van der Waals surface area contributed by atoms with Gasteiger partial charge in [-0.05, 0) is 19.9 Å². The molecular weight excluding hydrogens is 164 g/mol. The number of nitrogens with zero attached hydrogens (tertiary/aromatic N) is 4. The minimum Gasteiger partial charge on any atom is -0.288 e. The van der Waals surface area contributed by atoms with Crippen molar-refractivity contribution >= 4 is 0 Å². The van der Waals surface area contributed by atoms with Crippen LogP contribution in [0.2, 0.25) is 0 Å². The van der Waals surface area contributed by atoms with Gasteiger partial charge in [0, 0.05) is 12.4 Å². The average Bonchev–Trinajstić information content (AvgIpc) is 2.47. The Morgan fingerprint density at radius 2 is 2.15 bits per heavy atom.